The van der Waals surface area contributed by atoms with Gasteiger partial charge in [-0.2, -0.15) is 0 Å². The van der Waals surface area contributed by atoms with Crippen LogP contribution in [0.5, 0.6) is 0 Å². The first-order valence-corrected chi connectivity index (χ1v) is 5.78. The Hall–Kier alpha value is -0.120. The molecule has 0 heterocycles. The Kier molecular flexibility index (Phi) is 10.9. The van der Waals surface area contributed by atoms with Crippen molar-refractivity contribution in [2.24, 2.45) is 0 Å². The molecule has 0 aromatic rings. The molecular weight excluding hydrogens is 176 g/mol. The molecule has 0 saturated heterocycles. The number of nitrogens with one attached hydrogen (secondary N) is 1. The molecule has 0 amide bonds. The monoisotopic (exact) mass is 202 g/mol. The topological polar surface area (TPSA) is 24.5 Å². The van der Waals surface area contributed by atoms with Crippen molar-refractivity contribution in [1.82, 2.24) is 10.2 Å². The number of hydrogen-bond donors (Lipinski definition) is 1. The summed E-state index contributed by atoms with van der Waals surface area (Å²) in [6.07, 6.45) is 2.41. The molecule has 0 aliphatic rings. The second-order valence-corrected chi connectivity index (χ2v) is 3.67. The molecule has 1 N–H and O–H groups in total. The Balaban J connectivity index is 2.98. The number of ether oxygens (including phenoxy) is 1. The average molecular weight is 202 g/mol. The van der Waals surface area contributed by atoms with Crippen LogP contribution in [0.2, 0.25) is 0 Å². The smallest absolute Gasteiger partial charge is 0.0593 e. The predicted molar refractivity (Wildman–Crippen MR) is 61.8 cm³/mol. The summed E-state index contributed by atoms with van der Waals surface area (Å²) >= 11 is 0. The molecule has 0 spiro atoms. The first-order chi connectivity index (χ1) is 6.81. The van der Waals surface area contributed by atoms with Gasteiger partial charge in [-0.1, -0.05) is 13.8 Å². The first kappa shape index (κ1) is 13.9. The Morgan fingerprint density at radius 3 is 2.43 bits per heavy atom. The van der Waals surface area contributed by atoms with Crippen molar-refractivity contribution in [1.29, 1.82) is 0 Å². The van der Waals surface area contributed by atoms with E-state index in [1.54, 1.807) is 0 Å². The maximum Gasteiger partial charge on any atom is 0.0593 e. The number of hydrogen-bond acceptors (Lipinski definition) is 3. The van der Waals surface area contributed by atoms with E-state index in [2.05, 4.69) is 31.1 Å². The summed E-state index contributed by atoms with van der Waals surface area (Å²) < 4.78 is 5.49. The molecule has 0 aliphatic heterocycles. The van der Waals surface area contributed by atoms with Gasteiger partial charge in [0.2, 0.25) is 0 Å². The number of nitrogens with zero attached hydrogens (tertiary/aromatic N) is 1. The fourth-order valence-electron chi connectivity index (χ4n) is 1.26. The number of likely N-dealkylation sites (N-methyl/N-ethyl adjacent to an activating group) is 1. The SMILES string of the molecule is CCCNCCOCCN(C)CCC. The fraction of sp³-hybridized carbons (Fsp3) is 1.00. The highest BCUT2D eigenvalue weighted by Gasteiger charge is 1.95. The van der Waals surface area contributed by atoms with E-state index in [1.807, 2.05) is 0 Å². The quantitative estimate of drug-likeness (QED) is 0.541. The second-order valence-electron chi connectivity index (χ2n) is 3.67. The van der Waals surface area contributed by atoms with Crippen LogP contribution in [0, 0.1) is 0 Å². The predicted octanol–water partition coefficient (Wildman–Crippen LogP) is 1.34. The van der Waals surface area contributed by atoms with E-state index in [1.165, 1.54) is 12.8 Å². The fourth-order valence-corrected chi connectivity index (χ4v) is 1.26. The Morgan fingerprint density at radius 2 is 1.79 bits per heavy atom. The lowest BCUT2D eigenvalue weighted by molar-refractivity contribution is 0.113. The van der Waals surface area contributed by atoms with Gasteiger partial charge in [0.05, 0.1) is 13.2 Å². The van der Waals surface area contributed by atoms with Crippen molar-refractivity contribution < 1.29 is 4.74 Å². The Morgan fingerprint density at radius 1 is 1.00 bits per heavy atom. The third-order valence-electron chi connectivity index (χ3n) is 2.07. The minimum Gasteiger partial charge on any atom is -0.379 e. The zero-order chi connectivity index (χ0) is 10.6. The van der Waals surface area contributed by atoms with Crippen molar-refractivity contribution >= 4 is 0 Å². The Bertz CT molecular complexity index is 109. The molecule has 0 fully saturated rings. The van der Waals surface area contributed by atoms with E-state index in [-0.39, 0.29) is 0 Å². The molecule has 0 saturated carbocycles. The lowest BCUT2D eigenvalue weighted by Gasteiger charge is -2.15. The molecule has 3 nitrogen and oxygen atoms in total. The maximum absolute atomic E-state index is 5.49. The van der Waals surface area contributed by atoms with E-state index in [9.17, 15) is 0 Å². The zero-order valence-corrected chi connectivity index (χ0v) is 10.0. The summed E-state index contributed by atoms with van der Waals surface area (Å²) in [6.45, 7) is 10.3. The van der Waals surface area contributed by atoms with Crippen LogP contribution in [0.15, 0.2) is 0 Å². The van der Waals surface area contributed by atoms with Crippen molar-refractivity contribution in [3.8, 4) is 0 Å². The summed E-state index contributed by atoms with van der Waals surface area (Å²) in [4.78, 5) is 2.31. The minimum absolute atomic E-state index is 0.833. The number of rotatable bonds is 10. The lowest BCUT2D eigenvalue weighted by atomic mass is 10.4. The van der Waals surface area contributed by atoms with Crippen LogP contribution in [0.3, 0.4) is 0 Å². The van der Waals surface area contributed by atoms with Crippen LogP contribution < -0.4 is 5.32 Å². The normalized spacial score (nSPS) is 11.1. The second kappa shape index (κ2) is 11.0. The molecule has 0 bridgehead atoms. The highest BCUT2D eigenvalue weighted by molar-refractivity contribution is 4.49. The molecule has 3 heteroatoms. The van der Waals surface area contributed by atoms with Gasteiger partial charge in [0.1, 0.15) is 0 Å². The van der Waals surface area contributed by atoms with Gasteiger partial charge in [-0.3, -0.25) is 0 Å². The van der Waals surface area contributed by atoms with Crippen LogP contribution in [0.1, 0.15) is 26.7 Å². The summed E-state index contributed by atoms with van der Waals surface area (Å²) in [6, 6.07) is 0. The molecular formula is C11H26N2O. The van der Waals surface area contributed by atoms with Gasteiger partial charge in [0.15, 0.2) is 0 Å². The third kappa shape index (κ3) is 9.96. The summed E-state index contributed by atoms with van der Waals surface area (Å²) in [5.41, 5.74) is 0. The molecule has 0 atom stereocenters. The summed E-state index contributed by atoms with van der Waals surface area (Å²) in [5.74, 6) is 0. The van der Waals surface area contributed by atoms with E-state index >= 15 is 0 Å². The van der Waals surface area contributed by atoms with Crippen LogP contribution in [0.25, 0.3) is 0 Å². The van der Waals surface area contributed by atoms with Gasteiger partial charge >= 0.3 is 0 Å². The van der Waals surface area contributed by atoms with Crippen LogP contribution >= 0.6 is 0 Å². The van der Waals surface area contributed by atoms with Crippen molar-refractivity contribution in [2.45, 2.75) is 26.7 Å². The Labute approximate surface area is 88.8 Å². The molecule has 0 aromatic carbocycles. The van der Waals surface area contributed by atoms with Gasteiger partial charge in [-0.25, -0.2) is 0 Å². The van der Waals surface area contributed by atoms with Crippen LogP contribution in [-0.4, -0.2) is 51.3 Å². The summed E-state index contributed by atoms with van der Waals surface area (Å²) in [5, 5.41) is 3.31. The van der Waals surface area contributed by atoms with E-state index in [0.717, 1.165) is 39.4 Å². The lowest BCUT2D eigenvalue weighted by Crippen LogP contribution is -2.26. The van der Waals surface area contributed by atoms with Gasteiger partial charge in [-0.15, -0.1) is 0 Å². The molecule has 0 aliphatic carbocycles. The molecule has 14 heavy (non-hydrogen) atoms. The molecule has 86 valence electrons. The van der Waals surface area contributed by atoms with Crippen molar-refractivity contribution in [2.75, 3.05) is 46.4 Å². The highest BCUT2D eigenvalue weighted by atomic mass is 16.5. The molecule has 0 aromatic heterocycles. The minimum atomic E-state index is 0.833. The van der Waals surface area contributed by atoms with Gasteiger partial charge in [-0.05, 0) is 33.0 Å². The molecule has 0 unspecified atom stereocenters. The maximum atomic E-state index is 5.49. The van der Waals surface area contributed by atoms with Gasteiger partial charge < -0.3 is 15.0 Å². The van der Waals surface area contributed by atoms with E-state index in [4.69, 9.17) is 4.74 Å². The van der Waals surface area contributed by atoms with Crippen molar-refractivity contribution in [3.05, 3.63) is 0 Å². The van der Waals surface area contributed by atoms with Crippen LogP contribution in [-0.2, 0) is 4.74 Å². The average Bonchev–Trinajstić information content (AvgIpc) is 2.17. The standard InChI is InChI=1S/C11H26N2O/c1-4-6-12-7-10-14-11-9-13(3)8-5-2/h12H,4-11H2,1-3H3. The zero-order valence-electron chi connectivity index (χ0n) is 10.0. The van der Waals surface area contributed by atoms with E-state index in [0.29, 0.717) is 0 Å². The van der Waals surface area contributed by atoms with Crippen molar-refractivity contribution in [3.63, 3.8) is 0 Å². The summed E-state index contributed by atoms with van der Waals surface area (Å²) in [7, 11) is 2.14. The first-order valence-electron chi connectivity index (χ1n) is 5.78. The molecule has 0 radical (unpaired) electrons. The third-order valence-corrected chi connectivity index (χ3v) is 2.07. The largest absolute Gasteiger partial charge is 0.379 e. The van der Waals surface area contributed by atoms with Crippen LogP contribution in [0.4, 0.5) is 0 Å². The van der Waals surface area contributed by atoms with Gasteiger partial charge in [0.25, 0.3) is 0 Å². The van der Waals surface area contributed by atoms with E-state index < -0.39 is 0 Å². The molecule has 0 rings (SSSR count). The highest BCUT2D eigenvalue weighted by Crippen LogP contribution is 1.86. The van der Waals surface area contributed by atoms with Gasteiger partial charge in [0, 0.05) is 13.1 Å².